The zero-order valence-corrected chi connectivity index (χ0v) is 21.7. The summed E-state index contributed by atoms with van der Waals surface area (Å²) in [5.41, 5.74) is 5.64. The number of imide groups is 1. The van der Waals surface area contributed by atoms with E-state index in [9.17, 15) is 19.2 Å². The van der Waals surface area contributed by atoms with E-state index in [0.29, 0.717) is 23.6 Å². The number of likely N-dealkylation sites (N-methyl/N-ethyl adjacent to an activating group) is 1. The first-order valence-electron chi connectivity index (χ1n) is 12.6. The van der Waals surface area contributed by atoms with Crippen molar-refractivity contribution in [2.75, 3.05) is 16.8 Å². The summed E-state index contributed by atoms with van der Waals surface area (Å²) in [6, 6.07) is 23.8. The maximum atomic E-state index is 12.3. The van der Waals surface area contributed by atoms with Gasteiger partial charge in [-0.2, -0.15) is 0 Å². The van der Waals surface area contributed by atoms with Crippen LogP contribution in [0.25, 0.3) is 0 Å². The average Bonchev–Trinajstić information content (AvgIpc) is 3.29. The van der Waals surface area contributed by atoms with Crippen LogP contribution < -0.4 is 9.80 Å². The molecule has 38 heavy (non-hydrogen) atoms. The molecule has 1 aliphatic rings. The zero-order chi connectivity index (χ0) is 27.2. The topological polar surface area (TPSA) is 74.8 Å². The highest BCUT2D eigenvalue weighted by atomic mass is 16.2. The van der Waals surface area contributed by atoms with E-state index in [0.717, 1.165) is 28.0 Å². The summed E-state index contributed by atoms with van der Waals surface area (Å²) < 4.78 is 0. The van der Waals surface area contributed by atoms with E-state index in [1.807, 2.05) is 36.4 Å². The maximum absolute atomic E-state index is 12.3. The molecule has 0 fully saturated rings. The van der Waals surface area contributed by atoms with Gasteiger partial charge in [-0.1, -0.05) is 62.4 Å². The van der Waals surface area contributed by atoms with Crippen LogP contribution in [0, 0.1) is 0 Å². The zero-order valence-electron chi connectivity index (χ0n) is 21.7. The van der Waals surface area contributed by atoms with Gasteiger partial charge >= 0.3 is 0 Å². The molecule has 0 spiro atoms. The highest BCUT2D eigenvalue weighted by Gasteiger charge is 2.26. The Kier molecular flexibility index (Phi) is 8.12. The van der Waals surface area contributed by atoms with Gasteiger partial charge < -0.3 is 4.90 Å². The first-order chi connectivity index (χ1) is 18.3. The summed E-state index contributed by atoms with van der Waals surface area (Å²) in [5, 5.41) is 0. The number of benzene rings is 3. The third-order valence-electron chi connectivity index (χ3n) is 7.01. The van der Waals surface area contributed by atoms with Crippen LogP contribution in [0.1, 0.15) is 54.4 Å². The Labute approximate surface area is 222 Å². The summed E-state index contributed by atoms with van der Waals surface area (Å²) >= 11 is 0. The average molecular weight is 507 g/mol. The number of carbonyl (C=O) groups is 4. The largest absolute Gasteiger partial charge is 0.312 e. The van der Waals surface area contributed by atoms with Crippen molar-refractivity contribution in [3.63, 3.8) is 0 Å². The fraction of sp³-hybridized carbons (Fsp3) is 0.188. The number of amides is 3. The lowest BCUT2D eigenvalue weighted by molar-refractivity contribution is -0.120. The monoisotopic (exact) mass is 506 g/mol. The Bertz CT molecular complexity index is 1370. The normalized spacial score (nSPS) is 14.7. The van der Waals surface area contributed by atoms with E-state index in [1.165, 1.54) is 34.8 Å². The lowest BCUT2D eigenvalue weighted by atomic mass is 9.84. The molecule has 0 bridgehead atoms. The molecule has 0 saturated heterocycles. The van der Waals surface area contributed by atoms with E-state index >= 15 is 0 Å². The van der Waals surface area contributed by atoms with Gasteiger partial charge in [0.1, 0.15) is 6.29 Å². The smallest absolute Gasteiger partial charge is 0.258 e. The molecule has 6 heteroatoms. The predicted octanol–water partition coefficient (Wildman–Crippen LogP) is 5.53. The first-order valence-corrected chi connectivity index (χ1v) is 12.6. The number of allylic oxidation sites excluding steroid dienone is 1. The molecule has 0 aliphatic carbocycles. The van der Waals surface area contributed by atoms with Gasteiger partial charge in [0.25, 0.3) is 17.7 Å². The minimum Gasteiger partial charge on any atom is -0.312 e. The van der Waals surface area contributed by atoms with E-state index in [-0.39, 0.29) is 23.6 Å². The lowest BCUT2D eigenvalue weighted by Gasteiger charge is -2.22. The van der Waals surface area contributed by atoms with Crippen molar-refractivity contribution in [2.45, 2.75) is 32.1 Å². The van der Waals surface area contributed by atoms with Crippen molar-refractivity contribution in [2.24, 2.45) is 0 Å². The van der Waals surface area contributed by atoms with E-state index in [4.69, 9.17) is 0 Å². The molecule has 3 amide bonds. The molecule has 3 aromatic rings. The number of anilines is 2. The van der Waals surface area contributed by atoms with E-state index < -0.39 is 0 Å². The van der Waals surface area contributed by atoms with Crippen LogP contribution in [0.15, 0.2) is 97.1 Å². The third kappa shape index (κ3) is 5.54. The van der Waals surface area contributed by atoms with Crippen LogP contribution in [-0.4, -0.2) is 31.1 Å². The first kappa shape index (κ1) is 26.5. The minimum atomic E-state index is -0.350. The Morgan fingerprint density at radius 3 is 1.79 bits per heavy atom. The minimum absolute atomic E-state index is 0.108. The van der Waals surface area contributed by atoms with E-state index in [1.54, 1.807) is 19.2 Å². The van der Waals surface area contributed by atoms with Crippen LogP contribution in [0.2, 0.25) is 0 Å². The molecule has 0 aromatic heterocycles. The molecular formula is C32H30N2O4. The molecule has 4 rings (SSSR count). The molecule has 0 radical (unpaired) electrons. The Balaban J connectivity index is 1.70. The molecule has 192 valence electrons. The molecule has 1 heterocycles. The summed E-state index contributed by atoms with van der Waals surface area (Å²) in [6.07, 6.45) is 6.59. The van der Waals surface area contributed by atoms with Crippen molar-refractivity contribution in [1.82, 2.24) is 0 Å². The summed E-state index contributed by atoms with van der Waals surface area (Å²) in [6.45, 7) is 4.38. The third-order valence-corrected chi connectivity index (χ3v) is 7.01. The van der Waals surface area contributed by atoms with E-state index in [2.05, 4.69) is 38.1 Å². The Morgan fingerprint density at radius 1 is 0.816 bits per heavy atom. The fourth-order valence-corrected chi connectivity index (χ4v) is 4.55. The number of hydrogen-bond donors (Lipinski definition) is 0. The van der Waals surface area contributed by atoms with Crippen LogP contribution >= 0.6 is 0 Å². The Morgan fingerprint density at radius 2 is 1.29 bits per heavy atom. The number of carbonyl (C=O) groups excluding carboxylic acids is 4. The van der Waals surface area contributed by atoms with Gasteiger partial charge in [-0.05, 0) is 64.9 Å². The molecule has 6 nitrogen and oxygen atoms in total. The van der Waals surface area contributed by atoms with Crippen molar-refractivity contribution >= 4 is 35.4 Å². The number of nitrogens with zero attached hydrogens (tertiary/aromatic N) is 2. The van der Waals surface area contributed by atoms with Gasteiger partial charge in [0, 0.05) is 36.9 Å². The highest BCUT2D eigenvalue weighted by molar-refractivity contribution is 6.28. The fourth-order valence-electron chi connectivity index (χ4n) is 4.55. The molecule has 0 saturated carbocycles. The maximum Gasteiger partial charge on any atom is 0.258 e. The second-order valence-electron chi connectivity index (χ2n) is 9.33. The number of aldehydes is 1. The van der Waals surface area contributed by atoms with Gasteiger partial charge in [0.15, 0.2) is 0 Å². The molecule has 0 N–H and O–H groups in total. The highest BCUT2D eigenvalue weighted by Crippen LogP contribution is 2.35. The molecule has 3 aromatic carbocycles. The van der Waals surface area contributed by atoms with Gasteiger partial charge in [-0.25, -0.2) is 4.90 Å². The Hall–Kier alpha value is -4.58. The summed E-state index contributed by atoms with van der Waals surface area (Å²) in [7, 11) is 1.66. The summed E-state index contributed by atoms with van der Waals surface area (Å²) in [4.78, 5) is 49.7. The quantitative estimate of drug-likeness (QED) is 0.166. The standard InChI is InChI=1S/C32H30N2O4/c1-4-22(2)23-7-9-24(10-8-23)32(25-11-15-27(16-12-25)33(3)29(36)6-5-21-35)26-13-17-28(18-14-26)34-30(37)19-20-31(34)38/h5-22,32H,4H2,1-3H3/b6-5-. The molecular weight excluding hydrogens is 476 g/mol. The second-order valence-corrected chi connectivity index (χ2v) is 9.33. The van der Waals surface area contributed by atoms with Gasteiger partial charge in [0.2, 0.25) is 0 Å². The van der Waals surface area contributed by atoms with Crippen LogP contribution in [0.3, 0.4) is 0 Å². The van der Waals surface area contributed by atoms with Crippen molar-refractivity contribution < 1.29 is 19.2 Å². The van der Waals surface area contributed by atoms with Crippen molar-refractivity contribution in [1.29, 1.82) is 0 Å². The van der Waals surface area contributed by atoms with Crippen LogP contribution in [0.5, 0.6) is 0 Å². The van der Waals surface area contributed by atoms with Gasteiger partial charge in [0.05, 0.1) is 5.69 Å². The number of hydrogen-bond acceptors (Lipinski definition) is 4. The molecule has 2 unspecified atom stereocenters. The molecule has 1 aliphatic heterocycles. The number of rotatable bonds is 9. The second kappa shape index (κ2) is 11.6. The van der Waals surface area contributed by atoms with Gasteiger partial charge in [-0.15, -0.1) is 0 Å². The van der Waals surface area contributed by atoms with Gasteiger partial charge in [-0.3, -0.25) is 19.2 Å². The SMILES string of the molecule is CCC(C)c1ccc(C(c2ccc(N(C)C(=O)/C=C\C=O)cc2)c2ccc(N3C(=O)C=CC3=O)cc2)cc1. The lowest BCUT2D eigenvalue weighted by Crippen LogP contribution is -2.29. The predicted molar refractivity (Wildman–Crippen MR) is 149 cm³/mol. The van der Waals surface area contributed by atoms with Crippen molar-refractivity contribution in [3.8, 4) is 0 Å². The van der Waals surface area contributed by atoms with Crippen LogP contribution in [0.4, 0.5) is 11.4 Å². The summed E-state index contributed by atoms with van der Waals surface area (Å²) in [5.74, 6) is -0.637. The van der Waals surface area contributed by atoms with Crippen molar-refractivity contribution in [3.05, 3.63) is 119 Å². The molecule has 2 atom stereocenters. The van der Waals surface area contributed by atoms with Crippen LogP contribution in [-0.2, 0) is 19.2 Å².